The molecular weight excluding hydrogens is 407 g/mol. The number of carbonyl (C=O) groups excluding carboxylic acids is 1. The van der Waals surface area contributed by atoms with Crippen molar-refractivity contribution in [2.75, 3.05) is 17.3 Å². The standard InChI is InChI=1S/C15H15BrClFN2O2S/c1-2-3-4-22-14-10(17)5-9(6-11(14)18)12-8-23-15(19-12)20-13(21)7-16/h5-6,8H,2-4,7H2,1H3,(H,19,20,21). The van der Waals surface area contributed by atoms with Crippen molar-refractivity contribution in [3.05, 3.63) is 28.4 Å². The molecule has 0 radical (unpaired) electrons. The zero-order valence-corrected chi connectivity index (χ0v) is 15.5. The monoisotopic (exact) mass is 420 g/mol. The van der Waals surface area contributed by atoms with Crippen LogP contribution in [0.25, 0.3) is 11.3 Å². The fourth-order valence-corrected chi connectivity index (χ4v) is 2.92. The smallest absolute Gasteiger partial charge is 0.236 e. The number of amides is 1. The van der Waals surface area contributed by atoms with Crippen LogP contribution >= 0.6 is 38.9 Å². The van der Waals surface area contributed by atoms with Crippen LogP contribution in [0.3, 0.4) is 0 Å². The molecule has 0 fully saturated rings. The van der Waals surface area contributed by atoms with Crippen molar-refractivity contribution in [3.8, 4) is 17.0 Å². The number of rotatable bonds is 7. The number of nitrogens with zero attached hydrogens (tertiary/aromatic N) is 1. The van der Waals surface area contributed by atoms with Crippen molar-refractivity contribution >= 4 is 49.9 Å². The van der Waals surface area contributed by atoms with Gasteiger partial charge in [-0.05, 0) is 18.6 Å². The summed E-state index contributed by atoms with van der Waals surface area (Å²) >= 11 is 10.4. The minimum absolute atomic E-state index is 0.0620. The Balaban J connectivity index is 2.19. The summed E-state index contributed by atoms with van der Waals surface area (Å²) < 4.78 is 19.6. The molecule has 0 saturated heterocycles. The summed E-state index contributed by atoms with van der Waals surface area (Å²) in [5.41, 5.74) is 1.08. The Morgan fingerprint density at radius 2 is 2.30 bits per heavy atom. The Morgan fingerprint density at radius 3 is 2.96 bits per heavy atom. The lowest BCUT2D eigenvalue weighted by molar-refractivity contribution is -0.113. The molecule has 8 heteroatoms. The van der Waals surface area contributed by atoms with Crippen LogP contribution in [0.1, 0.15) is 19.8 Å². The molecule has 1 heterocycles. The summed E-state index contributed by atoms with van der Waals surface area (Å²) in [5.74, 6) is -0.663. The molecule has 1 amide bonds. The lowest BCUT2D eigenvalue weighted by atomic mass is 10.1. The molecule has 0 saturated carbocycles. The van der Waals surface area contributed by atoms with E-state index in [1.165, 1.54) is 17.4 Å². The second-order valence-electron chi connectivity index (χ2n) is 4.69. The van der Waals surface area contributed by atoms with Crippen LogP contribution in [-0.4, -0.2) is 22.8 Å². The highest BCUT2D eigenvalue weighted by atomic mass is 79.9. The summed E-state index contributed by atoms with van der Waals surface area (Å²) in [6.07, 6.45) is 1.79. The van der Waals surface area contributed by atoms with Crippen molar-refractivity contribution in [1.29, 1.82) is 0 Å². The first-order valence-electron chi connectivity index (χ1n) is 6.98. The van der Waals surface area contributed by atoms with E-state index in [2.05, 4.69) is 26.2 Å². The molecule has 0 atom stereocenters. The molecule has 1 N–H and O–H groups in total. The highest BCUT2D eigenvalue weighted by molar-refractivity contribution is 9.09. The lowest BCUT2D eigenvalue weighted by Crippen LogP contribution is -2.11. The van der Waals surface area contributed by atoms with E-state index in [1.54, 1.807) is 11.4 Å². The van der Waals surface area contributed by atoms with E-state index in [9.17, 15) is 9.18 Å². The summed E-state index contributed by atoms with van der Waals surface area (Å²) in [6.45, 7) is 2.45. The summed E-state index contributed by atoms with van der Waals surface area (Å²) in [5, 5.41) is 5.19. The van der Waals surface area contributed by atoms with Crippen LogP contribution in [0.15, 0.2) is 17.5 Å². The molecular formula is C15H15BrClFN2O2S. The van der Waals surface area contributed by atoms with Crippen molar-refractivity contribution in [2.24, 2.45) is 0 Å². The van der Waals surface area contributed by atoms with Gasteiger partial charge in [0.1, 0.15) is 0 Å². The highest BCUT2D eigenvalue weighted by Crippen LogP contribution is 2.34. The van der Waals surface area contributed by atoms with E-state index in [0.717, 1.165) is 12.8 Å². The largest absolute Gasteiger partial charge is 0.489 e. The molecule has 23 heavy (non-hydrogen) atoms. The number of unbranched alkanes of at least 4 members (excludes halogenated alkanes) is 1. The van der Waals surface area contributed by atoms with E-state index >= 15 is 0 Å². The van der Waals surface area contributed by atoms with E-state index in [4.69, 9.17) is 16.3 Å². The maximum absolute atomic E-state index is 14.2. The number of alkyl halides is 1. The van der Waals surface area contributed by atoms with Crippen LogP contribution in [0, 0.1) is 5.82 Å². The van der Waals surface area contributed by atoms with Gasteiger partial charge in [0.15, 0.2) is 16.7 Å². The second kappa shape index (κ2) is 8.61. The molecule has 1 aromatic heterocycles. The molecule has 2 rings (SSSR count). The SMILES string of the molecule is CCCCOc1c(F)cc(-c2csc(NC(=O)CBr)n2)cc1Cl. The van der Waals surface area contributed by atoms with Crippen molar-refractivity contribution < 1.29 is 13.9 Å². The third-order valence-corrected chi connectivity index (χ3v) is 4.46. The zero-order valence-electron chi connectivity index (χ0n) is 12.4. The van der Waals surface area contributed by atoms with Gasteiger partial charge < -0.3 is 10.1 Å². The summed E-state index contributed by atoms with van der Waals surface area (Å²) in [6, 6.07) is 2.94. The maximum Gasteiger partial charge on any atom is 0.236 e. The number of halogens is 3. The molecule has 0 bridgehead atoms. The van der Waals surface area contributed by atoms with Crippen molar-refractivity contribution in [3.63, 3.8) is 0 Å². The van der Waals surface area contributed by atoms with Crippen molar-refractivity contribution in [1.82, 2.24) is 4.98 Å². The van der Waals surface area contributed by atoms with E-state index in [-0.39, 0.29) is 22.0 Å². The first-order valence-corrected chi connectivity index (χ1v) is 9.36. The first-order chi connectivity index (χ1) is 11.0. The number of hydrogen-bond acceptors (Lipinski definition) is 4. The number of thiazole rings is 1. The first kappa shape index (κ1) is 18.2. The van der Waals surface area contributed by atoms with Crippen LogP contribution < -0.4 is 10.1 Å². The van der Waals surface area contributed by atoms with Gasteiger partial charge in [0.2, 0.25) is 5.91 Å². The fraction of sp³-hybridized carbons (Fsp3) is 0.333. The zero-order chi connectivity index (χ0) is 16.8. The number of aromatic nitrogens is 1. The number of nitrogens with one attached hydrogen (secondary N) is 1. The predicted octanol–water partition coefficient (Wildman–Crippen LogP) is 5.11. The van der Waals surface area contributed by atoms with Gasteiger partial charge >= 0.3 is 0 Å². The Kier molecular flexibility index (Phi) is 6.80. The fourth-order valence-electron chi connectivity index (χ4n) is 1.78. The Morgan fingerprint density at radius 1 is 1.52 bits per heavy atom. The van der Waals surface area contributed by atoms with E-state index in [0.29, 0.717) is 23.0 Å². The van der Waals surface area contributed by atoms with Gasteiger partial charge in [-0.1, -0.05) is 40.9 Å². The minimum atomic E-state index is -0.525. The predicted molar refractivity (Wildman–Crippen MR) is 95.3 cm³/mol. The van der Waals surface area contributed by atoms with Gasteiger partial charge in [0, 0.05) is 10.9 Å². The molecule has 0 spiro atoms. The van der Waals surface area contributed by atoms with Gasteiger partial charge in [-0.3, -0.25) is 4.79 Å². The molecule has 0 aliphatic heterocycles. The minimum Gasteiger partial charge on any atom is -0.489 e. The van der Waals surface area contributed by atoms with Gasteiger partial charge in [-0.25, -0.2) is 9.37 Å². The van der Waals surface area contributed by atoms with E-state index < -0.39 is 5.82 Å². The van der Waals surface area contributed by atoms with Crippen molar-refractivity contribution in [2.45, 2.75) is 19.8 Å². The maximum atomic E-state index is 14.2. The number of ether oxygens (including phenoxy) is 1. The normalized spacial score (nSPS) is 10.6. The molecule has 0 aliphatic rings. The third-order valence-electron chi connectivity index (χ3n) is 2.91. The molecule has 0 aliphatic carbocycles. The number of hydrogen-bond donors (Lipinski definition) is 1. The molecule has 0 unspecified atom stereocenters. The van der Waals surface area contributed by atoms with Crippen LogP contribution in [0.4, 0.5) is 9.52 Å². The molecule has 124 valence electrons. The second-order valence-corrected chi connectivity index (χ2v) is 6.52. The van der Waals surface area contributed by atoms with Gasteiger partial charge in [-0.15, -0.1) is 11.3 Å². The van der Waals surface area contributed by atoms with Crippen LogP contribution in [0.2, 0.25) is 5.02 Å². The average Bonchev–Trinajstić information content (AvgIpc) is 2.98. The van der Waals surface area contributed by atoms with Gasteiger partial charge in [0.05, 0.1) is 22.7 Å². The highest BCUT2D eigenvalue weighted by Gasteiger charge is 2.14. The third kappa shape index (κ3) is 4.89. The van der Waals surface area contributed by atoms with Crippen LogP contribution in [0.5, 0.6) is 5.75 Å². The Hall–Kier alpha value is -1.18. The molecule has 4 nitrogen and oxygen atoms in total. The topological polar surface area (TPSA) is 51.2 Å². The molecule has 1 aromatic carbocycles. The number of carbonyl (C=O) groups is 1. The summed E-state index contributed by atoms with van der Waals surface area (Å²) in [4.78, 5) is 15.6. The average molecular weight is 422 g/mol. The van der Waals surface area contributed by atoms with E-state index in [1.807, 2.05) is 6.92 Å². The molecule has 2 aromatic rings. The quantitative estimate of drug-likeness (QED) is 0.499. The Labute approximate surface area is 151 Å². The number of anilines is 1. The van der Waals surface area contributed by atoms with Gasteiger partial charge in [0.25, 0.3) is 0 Å². The Bertz CT molecular complexity index is 673. The number of benzene rings is 1. The summed E-state index contributed by atoms with van der Waals surface area (Å²) in [7, 11) is 0. The van der Waals surface area contributed by atoms with Gasteiger partial charge in [-0.2, -0.15) is 0 Å². The lowest BCUT2D eigenvalue weighted by Gasteiger charge is -2.10. The van der Waals surface area contributed by atoms with Crippen LogP contribution in [-0.2, 0) is 4.79 Å².